The van der Waals surface area contributed by atoms with Crippen molar-refractivity contribution in [2.75, 3.05) is 20.2 Å². The molecule has 0 aliphatic carbocycles. The summed E-state index contributed by atoms with van der Waals surface area (Å²) in [6.07, 6.45) is 4.85. The summed E-state index contributed by atoms with van der Waals surface area (Å²) in [4.78, 5) is 14.8. The van der Waals surface area contributed by atoms with Crippen LogP contribution >= 0.6 is 11.6 Å². The lowest BCUT2D eigenvalue weighted by Gasteiger charge is -2.31. The van der Waals surface area contributed by atoms with E-state index in [1.165, 1.54) is 5.56 Å². The van der Waals surface area contributed by atoms with Crippen LogP contribution in [0.2, 0.25) is 5.02 Å². The van der Waals surface area contributed by atoms with Crippen molar-refractivity contribution in [3.63, 3.8) is 0 Å². The summed E-state index contributed by atoms with van der Waals surface area (Å²) in [5, 5.41) is 5.10. The van der Waals surface area contributed by atoms with Gasteiger partial charge < -0.3 is 9.64 Å². The summed E-state index contributed by atoms with van der Waals surface area (Å²) in [7, 11) is 1.68. The number of aromatic nitrogens is 2. The molecular formula is C23H24ClN3O2. The molecule has 0 unspecified atom stereocenters. The van der Waals surface area contributed by atoms with Crippen molar-refractivity contribution in [2.45, 2.75) is 19.3 Å². The zero-order chi connectivity index (χ0) is 20.2. The maximum absolute atomic E-state index is 12.9. The van der Waals surface area contributed by atoms with Crippen LogP contribution in [0.3, 0.4) is 0 Å². The number of hydrogen-bond acceptors (Lipinski definition) is 3. The van der Waals surface area contributed by atoms with E-state index in [1.807, 2.05) is 41.3 Å². The van der Waals surface area contributed by atoms with Crippen molar-refractivity contribution in [3.8, 4) is 11.4 Å². The van der Waals surface area contributed by atoms with Crippen molar-refractivity contribution < 1.29 is 9.53 Å². The number of hydrogen-bond donors (Lipinski definition) is 0. The van der Waals surface area contributed by atoms with Gasteiger partial charge in [-0.15, -0.1) is 0 Å². The quantitative estimate of drug-likeness (QED) is 0.617. The summed E-state index contributed by atoms with van der Waals surface area (Å²) in [6, 6.07) is 17.5. The molecule has 2 aromatic carbocycles. The second-order valence-corrected chi connectivity index (χ2v) is 7.85. The zero-order valence-electron chi connectivity index (χ0n) is 16.4. The average molecular weight is 410 g/mol. The van der Waals surface area contributed by atoms with Gasteiger partial charge in [0, 0.05) is 24.3 Å². The first-order valence-corrected chi connectivity index (χ1v) is 10.2. The Kier molecular flexibility index (Phi) is 5.86. The number of likely N-dealkylation sites (tertiary alicyclic amines) is 1. The van der Waals surface area contributed by atoms with Crippen molar-refractivity contribution in [3.05, 3.63) is 77.1 Å². The highest BCUT2D eigenvalue weighted by atomic mass is 35.5. The van der Waals surface area contributed by atoms with Gasteiger partial charge in [0.25, 0.3) is 5.91 Å². The second-order valence-electron chi connectivity index (χ2n) is 7.41. The first kappa shape index (κ1) is 19.5. The molecule has 0 atom stereocenters. The molecule has 4 rings (SSSR count). The maximum Gasteiger partial charge on any atom is 0.274 e. The van der Waals surface area contributed by atoms with Crippen LogP contribution in [0, 0.1) is 5.92 Å². The van der Waals surface area contributed by atoms with Crippen LogP contribution in [0.4, 0.5) is 0 Å². The van der Waals surface area contributed by atoms with E-state index in [1.54, 1.807) is 24.1 Å². The molecule has 2 heterocycles. The number of benzene rings is 2. The molecule has 1 aliphatic rings. The molecule has 6 heteroatoms. The second kappa shape index (κ2) is 8.70. The minimum Gasteiger partial charge on any atom is -0.497 e. The van der Waals surface area contributed by atoms with Gasteiger partial charge in [-0.25, -0.2) is 4.68 Å². The largest absolute Gasteiger partial charge is 0.497 e. The van der Waals surface area contributed by atoms with E-state index in [0.717, 1.165) is 43.8 Å². The van der Waals surface area contributed by atoms with E-state index in [2.05, 4.69) is 17.2 Å². The predicted molar refractivity (Wildman–Crippen MR) is 114 cm³/mol. The third-order valence-electron chi connectivity index (χ3n) is 5.47. The summed E-state index contributed by atoms with van der Waals surface area (Å²) in [6.45, 7) is 1.54. The molecular weight excluding hydrogens is 386 g/mol. The normalized spacial score (nSPS) is 14.8. The number of nitrogens with zero attached hydrogens (tertiary/aromatic N) is 3. The third kappa shape index (κ3) is 4.62. The van der Waals surface area contributed by atoms with Crippen LogP contribution < -0.4 is 4.74 Å². The number of halogens is 1. The fraction of sp³-hybridized carbons (Fsp3) is 0.304. The molecule has 1 aromatic heterocycles. The Morgan fingerprint density at radius 2 is 1.90 bits per heavy atom. The molecule has 3 aromatic rings. The van der Waals surface area contributed by atoms with E-state index in [4.69, 9.17) is 16.3 Å². The third-order valence-corrected chi connectivity index (χ3v) is 5.70. The average Bonchev–Trinajstić information content (AvgIpc) is 3.25. The minimum atomic E-state index is -0.00586. The minimum absolute atomic E-state index is 0.00586. The van der Waals surface area contributed by atoms with Crippen LogP contribution in [-0.2, 0) is 6.42 Å². The Labute approximate surface area is 175 Å². The van der Waals surface area contributed by atoms with Gasteiger partial charge >= 0.3 is 0 Å². The lowest BCUT2D eigenvalue weighted by molar-refractivity contribution is 0.0684. The zero-order valence-corrected chi connectivity index (χ0v) is 17.2. The van der Waals surface area contributed by atoms with Crippen molar-refractivity contribution in [2.24, 2.45) is 5.92 Å². The van der Waals surface area contributed by atoms with Crippen molar-refractivity contribution in [1.29, 1.82) is 0 Å². The van der Waals surface area contributed by atoms with Crippen LogP contribution in [0.25, 0.3) is 5.69 Å². The molecule has 1 amide bonds. The first-order chi connectivity index (χ1) is 14.1. The van der Waals surface area contributed by atoms with Crippen LogP contribution in [0.5, 0.6) is 5.75 Å². The smallest absolute Gasteiger partial charge is 0.274 e. The molecule has 0 bridgehead atoms. The number of amides is 1. The molecule has 150 valence electrons. The first-order valence-electron chi connectivity index (χ1n) is 9.86. The highest BCUT2D eigenvalue weighted by Gasteiger charge is 2.25. The molecule has 0 N–H and O–H groups in total. The number of piperidine rings is 1. The standard InChI is InChI=1S/C23H24ClN3O2/c1-29-21-7-5-17(6-8-21)15-18-9-12-26(13-10-18)23(28)22-11-14-27(25-22)20-4-2-3-19(24)16-20/h2-8,11,14,16,18H,9-10,12-13,15H2,1H3. The summed E-state index contributed by atoms with van der Waals surface area (Å²) in [5.41, 5.74) is 2.63. The van der Waals surface area contributed by atoms with Crippen LogP contribution in [-0.4, -0.2) is 40.8 Å². The Morgan fingerprint density at radius 1 is 1.14 bits per heavy atom. The van der Waals surface area contributed by atoms with Crippen molar-refractivity contribution in [1.82, 2.24) is 14.7 Å². The number of carbonyl (C=O) groups is 1. The van der Waals surface area contributed by atoms with Gasteiger partial charge in [-0.2, -0.15) is 5.10 Å². The Morgan fingerprint density at radius 3 is 2.59 bits per heavy atom. The SMILES string of the molecule is COc1ccc(CC2CCN(C(=O)c3ccn(-c4cccc(Cl)c4)n3)CC2)cc1. The van der Waals surface area contributed by atoms with Gasteiger partial charge in [0.05, 0.1) is 12.8 Å². The summed E-state index contributed by atoms with van der Waals surface area (Å²) >= 11 is 6.05. The molecule has 0 spiro atoms. The van der Waals surface area contributed by atoms with E-state index in [-0.39, 0.29) is 5.91 Å². The Balaban J connectivity index is 1.34. The topological polar surface area (TPSA) is 47.4 Å². The predicted octanol–water partition coefficient (Wildman–Crippen LogP) is 4.63. The Bertz CT molecular complexity index is 976. The molecule has 0 radical (unpaired) electrons. The van der Waals surface area contributed by atoms with E-state index >= 15 is 0 Å². The monoisotopic (exact) mass is 409 g/mol. The molecule has 1 aliphatic heterocycles. The van der Waals surface area contributed by atoms with Gasteiger partial charge in [0.1, 0.15) is 5.75 Å². The van der Waals surface area contributed by atoms with Gasteiger partial charge in [-0.05, 0) is 67.1 Å². The van der Waals surface area contributed by atoms with Gasteiger partial charge in [0.2, 0.25) is 0 Å². The highest BCUT2D eigenvalue weighted by molar-refractivity contribution is 6.30. The molecule has 0 saturated carbocycles. The fourth-order valence-electron chi connectivity index (χ4n) is 3.80. The van der Waals surface area contributed by atoms with Gasteiger partial charge in [-0.1, -0.05) is 29.8 Å². The number of carbonyl (C=O) groups excluding carboxylic acids is 1. The molecule has 1 fully saturated rings. The lowest BCUT2D eigenvalue weighted by Crippen LogP contribution is -2.39. The lowest BCUT2D eigenvalue weighted by atomic mass is 9.90. The molecule has 29 heavy (non-hydrogen) atoms. The van der Waals surface area contributed by atoms with Crippen molar-refractivity contribution >= 4 is 17.5 Å². The van der Waals surface area contributed by atoms with Crippen LogP contribution in [0.1, 0.15) is 28.9 Å². The molecule has 1 saturated heterocycles. The van der Waals surface area contributed by atoms with Crippen LogP contribution in [0.15, 0.2) is 60.8 Å². The summed E-state index contributed by atoms with van der Waals surface area (Å²) in [5.74, 6) is 1.47. The van der Waals surface area contributed by atoms with Gasteiger partial charge in [-0.3, -0.25) is 4.79 Å². The van der Waals surface area contributed by atoms with E-state index in [9.17, 15) is 4.79 Å². The number of ether oxygens (including phenoxy) is 1. The van der Waals surface area contributed by atoms with Gasteiger partial charge in [0.15, 0.2) is 5.69 Å². The number of rotatable bonds is 5. The fourth-order valence-corrected chi connectivity index (χ4v) is 3.98. The maximum atomic E-state index is 12.9. The van der Waals surface area contributed by atoms with E-state index < -0.39 is 0 Å². The summed E-state index contributed by atoms with van der Waals surface area (Å²) < 4.78 is 6.91. The number of methoxy groups -OCH3 is 1. The molecule has 5 nitrogen and oxygen atoms in total. The Hall–Kier alpha value is -2.79. The van der Waals surface area contributed by atoms with E-state index in [0.29, 0.717) is 16.6 Å². The highest BCUT2D eigenvalue weighted by Crippen LogP contribution is 2.24.